The normalized spacial score (nSPS) is 17.3. The first-order chi connectivity index (χ1) is 8.50. The van der Waals surface area contributed by atoms with E-state index in [1.807, 2.05) is 0 Å². The Kier molecular flexibility index (Phi) is 3.34. The summed E-state index contributed by atoms with van der Waals surface area (Å²) in [6.07, 6.45) is -0.0335. The topological polar surface area (TPSA) is 76.1 Å². The SMILES string of the molecule is Cc1ccc(C(=O)OCC2CO2)c(C(=O)O)c1C. The number of carbonyl (C=O) groups is 2. The molecule has 1 heterocycles. The predicted molar refractivity (Wildman–Crippen MR) is 62.9 cm³/mol. The lowest BCUT2D eigenvalue weighted by Gasteiger charge is -2.10. The molecule has 0 bridgehead atoms. The Hall–Kier alpha value is -1.88. The van der Waals surface area contributed by atoms with E-state index in [0.717, 1.165) is 5.56 Å². The quantitative estimate of drug-likeness (QED) is 0.648. The van der Waals surface area contributed by atoms with E-state index < -0.39 is 11.9 Å². The number of aromatic carboxylic acids is 1. The van der Waals surface area contributed by atoms with E-state index in [4.69, 9.17) is 9.47 Å². The van der Waals surface area contributed by atoms with Crippen molar-refractivity contribution in [2.24, 2.45) is 0 Å². The van der Waals surface area contributed by atoms with Crippen molar-refractivity contribution in [3.8, 4) is 0 Å². The largest absolute Gasteiger partial charge is 0.478 e. The van der Waals surface area contributed by atoms with Crippen molar-refractivity contribution in [3.63, 3.8) is 0 Å². The van der Waals surface area contributed by atoms with Crippen LogP contribution in [0.3, 0.4) is 0 Å². The molecule has 0 radical (unpaired) electrons. The van der Waals surface area contributed by atoms with Crippen LogP contribution in [0.15, 0.2) is 12.1 Å². The fourth-order valence-electron chi connectivity index (χ4n) is 1.67. The molecule has 96 valence electrons. The summed E-state index contributed by atoms with van der Waals surface area (Å²) in [6.45, 7) is 4.24. The number of carbonyl (C=O) groups excluding carboxylic acids is 1. The van der Waals surface area contributed by atoms with Gasteiger partial charge in [0.25, 0.3) is 0 Å². The van der Waals surface area contributed by atoms with Gasteiger partial charge in [0.05, 0.1) is 17.7 Å². The van der Waals surface area contributed by atoms with Crippen LogP contribution in [-0.4, -0.2) is 36.4 Å². The molecule has 2 rings (SSSR count). The number of aryl methyl sites for hydroxylation is 1. The number of carboxylic acid groups (broad SMARTS) is 1. The van der Waals surface area contributed by atoms with Crippen molar-refractivity contribution in [2.45, 2.75) is 20.0 Å². The highest BCUT2D eigenvalue weighted by molar-refractivity contribution is 6.03. The van der Waals surface area contributed by atoms with Crippen molar-refractivity contribution in [1.29, 1.82) is 0 Å². The van der Waals surface area contributed by atoms with Crippen LogP contribution in [0.5, 0.6) is 0 Å². The highest BCUT2D eigenvalue weighted by Gasteiger charge is 2.26. The van der Waals surface area contributed by atoms with E-state index in [9.17, 15) is 14.7 Å². The molecule has 1 aromatic carbocycles. The second-order valence-electron chi connectivity index (χ2n) is 4.29. The minimum absolute atomic E-state index is 0.0108. The molecule has 1 aliphatic rings. The molecule has 5 heteroatoms. The van der Waals surface area contributed by atoms with Crippen LogP contribution in [0.2, 0.25) is 0 Å². The van der Waals surface area contributed by atoms with Gasteiger partial charge in [-0.15, -0.1) is 0 Å². The van der Waals surface area contributed by atoms with Crippen molar-refractivity contribution in [1.82, 2.24) is 0 Å². The Morgan fingerprint density at radius 2 is 2.11 bits per heavy atom. The van der Waals surface area contributed by atoms with Gasteiger partial charge in [-0.3, -0.25) is 0 Å². The number of rotatable bonds is 4. The van der Waals surface area contributed by atoms with Crippen LogP contribution in [-0.2, 0) is 9.47 Å². The number of ether oxygens (including phenoxy) is 2. The molecule has 0 amide bonds. The summed E-state index contributed by atoms with van der Waals surface area (Å²) in [5.74, 6) is -1.74. The van der Waals surface area contributed by atoms with Gasteiger partial charge < -0.3 is 14.6 Å². The summed E-state index contributed by atoms with van der Waals surface area (Å²) in [5, 5.41) is 9.18. The fraction of sp³-hybridized carbons (Fsp3) is 0.385. The minimum atomic E-state index is -1.12. The van der Waals surface area contributed by atoms with Gasteiger partial charge in [-0.2, -0.15) is 0 Å². The van der Waals surface area contributed by atoms with Crippen LogP contribution in [0.4, 0.5) is 0 Å². The fourth-order valence-corrected chi connectivity index (χ4v) is 1.67. The lowest BCUT2D eigenvalue weighted by Crippen LogP contribution is -2.16. The highest BCUT2D eigenvalue weighted by atomic mass is 16.6. The van der Waals surface area contributed by atoms with Crippen molar-refractivity contribution >= 4 is 11.9 Å². The molecule has 0 spiro atoms. The van der Waals surface area contributed by atoms with Crippen LogP contribution >= 0.6 is 0 Å². The van der Waals surface area contributed by atoms with E-state index in [1.165, 1.54) is 6.07 Å². The number of benzene rings is 1. The summed E-state index contributed by atoms with van der Waals surface area (Å²) in [4.78, 5) is 23.0. The summed E-state index contributed by atoms with van der Waals surface area (Å²) in [6, 6.07) is 3.20. The second kappa shape index (κ2) is 4.78. The lowest BCUT2D eigenvalue weighted by atomic mass is 9.98. The van der Waals surface area contributed by atoms with Gasteiger partial charge in [0, 0.05) is 0 Å². The van der Waals surface area contributed by atoms with Gasteiger partial charge >= 0.3 is 11.9 Å². The monoisotopic (exact) mass is 250 g/mol. The Morgan fingerprint density at radius 1 is 1.44 bits per heavy atom. The van der Waals surface area contributed by atoms with Gasteiger partial charge in [0.2, 0.25) is 0 Å². The predicted octanol–water partition coefficient (Wildman–Crippen LogP) is 1.56. The molecule has 18 heavy (non-hydrogen) atoms. The van der Waals surface area contributed by atoms with E-state index >= 15 is 0 Å². The van der Waals surface area contributed by atoms with Crippen LogP contribution in [0.25, 0.3) is 0 Å². The van der Waals surface area contributed by atoms with Crippen LogP contribution in [0, 0.1) is 13.8 Å². The van der Waals surface area contributed by atoms with E-state index in [0.29, 0.717) is 12.2 Å². The molecular weight excluding hydrogens is 236 g/mol. The zero-order chi connectivity index (χ0) is 13.3. The number of hydrogen-bond donors (Lipinski definition) is 1. The highest BCUT2D eigenvalue weighted by Crippen LogP contribution is 2.20. The molecule has 1 unspecified atom stereocenters. The Labute approximate surface area is 104 Å². The first-order valence-electron chi connectivity index (χ1n) is 5.63. The average Bonchev–Trinajstić information content (AvgIpc) is 3.12. The van der Waals surface area contributed by atoms with Crippen molar-refractivity contribution < 1.29 is 24.2 Å². The molecular formula is C13H14O5. The van der Waals surface area contributed by atoms with Gasteiger partial charge in [0.15, 0.2) is 0 Å². The zero-order valence-corrected chi connectivity index (χ0v) is 10.2. The molecule has 1 aromatic rings. The molecule has 0 aliphatic carbocycles. The van der Waals surface area contributed by atoms with Gasteiger partial charge in [-0.1, -0.05) is 6.07 Å². The summed E-state index contributed by atoms with van der Waals surface area (Å²) < 4.78 is 9.93. The van der Waals surface area contributed by atoms with Crippen molar-refractivity contribution in [3.05, 3.63) is 34.4 Å². The number of esters is 1. The maximum absolute atomic E-state index is 11.8. The molecule has 0 aromatic heterocycles. The first-order valence-corrected chi connectivity index (χ1v) is 5.63. The third kappa shape index (κ3) is 2.51. The van der Waals surface area contributed by atoms with Gasteiger partial charge in [0.1, 0.15) is 12.7 Å². The van der Waals surface area contributed by atoms with Crippen LogP contribution in [0.1, 0.15) is 31.8 Å². The molecule has 1 atom stereocenters. The molecule has 1 saturated heterocycles. The van der Waals surface area contributed by atoms with Gasteiger partial charge in [-0.05, 0) is 31.0 Å². The smallest absolute Gasteiger partial charge is 0.339 e. The Balaban J connectivity index is 2.27. The third-order valence-corrected chi connectivity index (χ3v) is 2.97. The number of hydrogen-bond acceptors (Lipinski definition) is 4. The molecule has 1 N–H and O–H groups in total. The molecule has 1 fully saturated rings. The summed E-state index contributed by atoms with van der Waals surface area (Å²) in [7, 11) is 0. The Bertz CT molecular complexity index is 502. The maximum atomic E-state index is 11.8. The van der Waals surface area contributed by atoms with Crippen molar-refractivity contribution in [2.75, 3.05) is 13.2 Å². The van der Waals surface area contributed by atoms with E-state index in [-0.39, 0.29) is 23.8 Å². The lowest BCUT2D eigenvalue weighted by molar-refractivity contribution is 0.0467. The summed E-state index contributed by atoms with van der Waals surface area (Å²) in [5.41, 5.74) is 1.51. The molecule has 1 aliphatic heterocycles. The van der Waals surface area contributed by atoms with Gasteiger partial charge in [-0.25, -0.2) is 9.59 Å². The molecule has 5 nitrogen and oxygen atoms in total. The maximum Gasteiger partial charge on any atom is 0.339 e. The van der Waals surface area contributed by atoms with E-state index in [1.54, 1.807) is 19.9 Å². The van der Waals surface area contributed by atoms with E-state index in [2.05, 4.69) is 0 Å². The summed E-state index contributed by atoms with van der Waals surface area (Å²) >= 11 is 0. The zero-order valence-electron chi connectivity index (χ0n) is 10.2. The second-order valence-corrected chi connectivity index (χ2v) is 4.29. The Morgan fingerprint density at radius 3 is 2.67 bits per heavy atom. The average molecular weight is 250 g/mol. The first kappa shape index (κ1) is 12.6. The number of carboxylic acids is 1. The minimum Gasteiger partial charge on any atom is -0.478 e. The van der Waals surface area contributed by atoms with Crippen LogP contribution < -0.4 is 0 Å². The standard InChI is InChI=1S/C13H14O5/c1-7-3-4-10(11(8(7)2)12(14)15)13(16)18-6-9-5-17-9/h3-4,9H,5-6H2,1-2H3,(H,14,15). The molecule has 0 saturated carbocycles. The number of epoxide rings is 1. The third-order valence-electron chi connectivity index (χ3n) is 2.97.